The number of hydrogen-bond acceptors (Lipinski definition) is 4. The Kier molecular flexibility index (Phi) is 1.66. The predicted octanol–water partition coefficient (Wildman–Crippen LogP) is 0.486. The normalized spacial score (nSPS) is 9.80. The van der Waals surface area contributed by atoms with E-state index < -0.39 is 4.92 Å². The highest BCUT2D eigenvalue weighted by Crippen LogP contribution is 2.09. The molecular weight excluding hydrogens is 204 g/mol. The van der Waals surface area contributed by atoms with Crippen molar-refractivity contribution in [3.05, 3.63) is 14.8 Å². The molecule has 54 valence electrons. The summed E-state index contributed by atoms with van der Waals surface area (Å²) in [6, 6.07) is 0. The zero-order valence-electron chi connectivity index (χ0n) is 4.98. The molecule has 1 heterocycles. The van der Waals surface area contributed by atoms with E-state index in [1.807, 2.05) is 0 Å². The molecule has 7 heteroatoms. The van der Waals surface area contributed by atoms with Gasteiger partial charge in [-0.1, -0.05) is 5.10 Å². The topological polar surface area (TPSA) is 73.8 Å². The van der Waals surface area contributed by atoms with Crippen molar-refractivity contribution in [3.63, 3.8) is 0 Å². The molecule has 0 spiro atoms. The Hall–Kier alpha value is -0.980. The number of rotatable bonds is 1. The second-order valence-electron chi connectivity index (χ2n) is 1.56. The van der Waals surface area contributed by atoms with Gasteiger partial charge < -0.3 is 10.1 Å². The van der Waals surface area contributed by atoms with Crippen molar-refractivity contribution in [2.24, 2.45) is 7.05 Å². The minimum Gasteiger partial charge on any atom is -0.390 e. The summed E-state index contributed by atoms with van der Waals surface area (Å²) in [7, 11) is 1.45. The van der Waals surface area contributed by atoms with Crippen LogP contribution in [-0.4, -0.2) is 19.7 Å². The van der Waals surface area contributed by atoms with Gasteiger partial charge in [0, 0.05) is 15.9 Å². The van der Waals surface area contributed by atoms with Crippen LogP contribution in [0.4, 0.5) is 5.95 Å². The first-order valence-corrected chi connectivity index (χ1v) is 3.11. The second kappa shape index (κ2) is 2.33. The highest BCUT2D eigenvalue weighted by atomic mass is 79.9. The van der Waals surface area contributed by atoms with Crippen LogP contribution in [0.3, 0.4) is 0 Å². The maximum Gasteiger partial charge on any atom is 0.456 e. The van der Waals surface area contributed by atoms with Gasteiger partial charge in [-0.05, 0) is 9.91 Å². The summed E-state index contributed by atoms with van der Waals surface area (Å²) in [6.45, 7) is 0. The number of halogens is 1. The van der Waals surface area contributed by atoms with Crippen molar-refractivity contribution in [1.82, 2.24) is 14.8 Å². The Morgan fingerprint density at radius 3 is 2.60 bits per heavy atom. The Balaban J connectivity index is 3.15. The molecule has 0 aliphatic rings. The van der Waals surface area contributed by atoms with Gasteiger partial charge in [0.05, 0.1) is 7.05 Å². The second-order valence-corrected chi connectivity index (χ2v) is 2.27. The number of hydrogen-bond donors (Lipinski definition) is 0. The van der Waals surface area contributed by atoms with Crippen LogP contribution in [0.2, 0.25) is 0 Å². The zero-order valence-corrected chi connectivity index (χ0v) is 6.57. The average molecular weight is 207 g/mol. The van der Waals surface area contributed by atoms with Crippen molar-refractivity contribution in [3.8, 4) is 0 Å². The Morgan fingerprint density at radius 1 is 1.80 bits per heavy atom. The summed E-state index contributed by atoms with van der Waals surface area (Å²) in [6.07, 6.45) is 0. The molecule has 0 aliphatic heterocycles. The third kappa shape index (κ3) is 1.13. The Labute approximate surface area is 64.1 Å². The SMILES string of the molecule is Cn1nc(Br)nc1[N+](=O)[O-]. The van der Waals surface area contributed by atoms with Crippen LogP contribution in [-0.2, 0) is 7.05 Å². The van der Waals surface area contributed by atoms with E-state index in [1.54, 1.807) is 0 Å². The Morgan fingerprint density at radius 2 is 2.40 bits per heavy atom. The first-order valence-electron chi connectivity index (χ1n) is 2.32. The van der Waals surface area contributed by atoms with Gasteiger partial charge in [-0.3, -0.25) is 0 Å². The molecule has 0 aliphatic carbocycles. The molecule has 0 bridgehead atoms. The van der Waals surface area contributed by atoms with Gasteiger partial charge in [0.15, 0.2) is 0 Å². The van der Waals surface area contributed by atoms with Crippen LogP contribution >= 0.6 is 15.9 Å². The lowest BCUT2D eigenvalue weighted by molar-refractivity contribution is -0.396. The standard InChI is InChI=1S/C3H3BrN4O2/c1-7-3(8(9)10)5-2(4)6-7/h1H3. The fraction of sp³-hybridized carbons (Fsp3) is 0.333. The van der Waals surface area contributed by atoms with Gasteiger partial charge in [0.1, 0.15) is 0 Å². The number of nitro groups is 1. The fourth-order valence-electron chi connectivity index (χ4n) is 0.505. The van der Waals surface area contributed by atoms with Gasteiger partial charge in [0.2, 0.25) is 0 Å². The quantitative estimate of drug-likeness (QED) is 0.495. The molecule has 0 aromatic carbocycles. The van der Waals surface area contributed by atoms with E-state index in [2.05, 4.69) is 26.0 Å². The molecule has 1 aromatic rings. The van der Waals surface area contributed by atoms with Crippen LogP contribution in [0.25, 0.3) is 0 Å². The van der Waals surface area contributed by atoms with E-state index in [1.165, 1.54) is 7.05 Å². The van der Waals surface area contributed by atoms with Crippen LogP contribution in [0.5, 0.6) is 0 Å². The number of aromatic nitrogens is 3. The van der Waals surface area contributed by atoms with E-state index in [4.69, 9.17) is 0 Å². The summed E-state index contributed by atoms with van der Waals surface area (Å²) in [5.74, 6) is -0.271. The van der Waals surface area contributed by atoms with Gasteiger partial charge in [0.25, 0.3) is 0 Å². The zero-order chi connectivity index (χ0) is 7.72. The molecule has 6 nitrogen and oxygen atoms in total. The monoisotopic (exact) mass is 206 g/mol. The molecule has 0 radical (unpaired) electrons. The van der Waals surface area contributed by atoms with Gasteiger partial charge in [-0.15, -0.1) is 4.68 Å². The predicted molar refractivity (Wildman–Crippen MR) is 35.4 cm³/mol. The molecule has 0 saturated carbocycles. The minimum absolute atomic E-state index is 0.224. The van der Waals surface area contributed by atoms with E-state index >= 15 is 0 Å². The maximum atomic E-state index is 10.1. The molecule has 0 N–H and O–H groups in total. The average Bonchev–Trinajstić information content (AvgIpc) is 2.10. The number of nitrogens with zero attached hydrogens (tertiary/aromatic N) is 4. The summed E-state index contributed by atoms with van der Waals surface area (Å²) in [5.41, 5.74) is 0. The molecule has 0 unspecified atom stereocenters. The lowest BCUT2D eigenvalue weighted by Gasteiger charge is -1.88. The lowest BCUT2D eigenvalue weighted by Crippen LogP contribution is -1.98. The third-order valence-corrected chi connectivity index (χ3v) is 1.21. The Bertz CT molecular complexity index is 269. The smallest absolute Gasteiger partial charge is 0.390 e. The van der Waals surface area contributed by atoms with Crippen LogP contribution in [0.1, 0.15) is 0 Å². The molecule has 0 fully saturated rings. The first-order chi connectivity index (χ1) is 4.61. The summed E-state index contributed by atoms with van der Waals surface area (Å²) in [5, 5.41) is 13.7. The maximum absolute atomic E-state index is 10.1. The van der Waals surface area contributed by atoms with Crippen molar-refractivity contribution < 1.29 is 4.92 Å². The lowest BCUT2D eigenvalue weighted by atomic mass is 11.0. The fourth-order valence-corrected chi connectivity index (χ4v) is 0.901. The van der Waals surface area contributed by atoms with Crippen LogP contribution in [0, 0.1) is 10.1 Å². The molecule has 1 rings (SSSR count). The highest BCUT2D eigenvalue weighted by molar-refractivity contribution is 9.10. The van der Waals surface area contributed by atoms with E-state index in [9.17, 15) is 10.1 Å². The minimum atomic E-state index is -0.599. The molecule has 0 amide bonds. The highest BCUT2D eigenvalue weighted by Gasteiger charge is 2.15. The van der Waals surface area contributed by atoms with Gasteiger partial charge in [-0.25, -0.2) is 0 Å². The van der Waals surface area contributed by atoms with Crippen molar-refractivity contribution in [2.45, 2.75) is 0 Å². The summed E-state index contributed by atoms with van der Waals surface area (Å²) >= 11 is 2.90. The van der Waals surface area contributed by atoms with Crippen molar-refractivity contribution in [2.75, 3.05) is 0 Å². The largest absolute Gasteiger partial charge is 0.456 e. The molecule has 10 heavy (non-hydrogen) atoms. The van der Waals surface area contributed by atoms with Gasteiger partial charge >= 0.3 is 10.7 Å². The molecular formula is C3H3BrN4O2. The molecule has 1 aromatic heterocycles. The van der Waals surface area contributed by atoms with Gasteiger partial charge in [-0.2, -0.15) is 0 Å². The third-order valence-electron chi connectivity index (χ3n) is 0.878. The summed E-state index contributed by atoms with van der Waals surface area (Å²) < 4.78 is 1.31. The van der Waals surface area contributed by atoms with E-state index in [-0.39, 0.29) is 10.7 Å². The van der Waals surface area contributed by atoms with E-state index in [0.717, 1.165) is 4.68 Å². The van der Waals surface area contributed by atoms with Crippen molar-refractivity contribution in [1.29, 1.82) is 0 Å². The van der Waals surface area contributed by atoms with Crippen LogP contribution < -0.4 is 0 Å². The summed E-state index contributed by atoms with van der Waals surface area (Å²) in [4.78, 5) is 13.0. The van der Waals surface area contributed by atoms with Crippen LogP contribution in [0.15, 0.2) is 4.73 Å². The first kappa shape index (κ1) is 7.13. The molecule has 0 atom stereocenters. The van der Waals surface area contributed by atoms with Crippen molar-refractivity contribution >= 4 is 21.9 Å². The van der Waals surface area contributed by atoms with E-state index in [0.29, 0.717) is 0 Å². The number of aryl methyl sites for hydroxylation is 1. The molecule has 0 saturated heterocycles.